The van der Waals surface area contributed by atoms with Crippen molar-refractivity contribution in [2.24, 2.45) is 0 Å². The standard InChI is InChI=1S/C17H21N3O4/c1-11-8-19(9-12(2)24-11)16(21)10-20-15-5-4-13(17(22)23-3)6-14(15)7-18-20/h4-7,11-12H,8-10H2,1-3H3. The Morgan fingerprint density at radius 3 is 2.67 bits per heavy atom. The highest BCUT2D eigenvalue weighted by atomic mass is 16.5. The summed E-state index contributed by atoms with van der Waals surface area (Å²) in [5.74, 6) is -0.379. The third kappa shape index (κ3) is 3.26. The minimum Gasteiger partial charge on any atom is -0.465 e. The molecule has 2 unspecified atom stereocenters. The summed E-state index contributed by atoms with van der Waals surface area (Å²) in [6.45, 7) is 5.28. The van der Waals surface area contributed by atoms with Crippen molar-refractivity contribution in [2.45, 2.75) is 32.6 Å². The Kier molecular flexibility index (Phi) is 4.53. The first-order valence-corrected chi connectivity index (χ1v) is 7.95. The lowest BCUT2D eigenvalue weighted by Crippen LogP contribution is -2.49. The summed E-state index contributed by atoms with van der Waals surface area (Å²) in [6.07, 6.45) is 1.73. The molecule has 7 heteroatoms. The molecular weight excluding hydrogens is 310 g/mol. The molecule has 0 N–H and O–H groups in total. The van der Waals surface area contributed by atoms with Crippen molar-refractivity contribution in [1.82, 2.24) is 14.7 Å². The number of amides is 1. The molecule has 2 heterocycles. The van der Waals surface area contributed by atoms with Crippen LogP contribution in [0.3, 0.4) is 0 Å². The van der Waals surface area contributed by atoms with E-state index in [1.807, 2.05) is 18.7 Å². The van der Waals surface area contributed by atoms with Crippen molar-refractivity contribution in [1.29, 1.82) is 0 Å². The van der Waals surface area contributed by atoms with Crippen LogP contribution in [-0.2, 0) is 20.8 Å². The van der Waals surface area contributed by atoms with Crippen molar-refractivity contribution in [2.75, 3.05) is 20.2 Å². The second kappa shape index (κ2) is 6.60. The average molecular weight is 331 g/mol. The lowest BCUT2D eigenvalue weighted by Gasteiger charge is -2.35. The Hall–Kier alpha value is -2.41. The van der Waals surface area contributed by atoms with E-state index in [1.54, 1.807) is 29.1 Å². The van der Waals surface area contributed by atoms with Crippen LogP contribution in [0.25, 0.3) is 10.9 Å². The molecule has 1 amide bonds. The summed E-state index contributed by atoms with van der Waals surface area (Å²) in [5.41, 5.74) is 1.28. The molecular formula is C17H21N3O4. The van der Waals surface area contributed by atoms with Crippen LogP contribution in [-0.4, -0.2) is 59.0 Å². The highest BCUT2D eigenvalue weighted by Gasteiger charge is 2.26. The Morgan fingerprint density at radius 1 is 1.29 bits per heavy atom. The molecule has 0 bridgehead atoms. The van der Waals surface area contributed by atoms with Gasteiger partial charge in [0.15, 0.2) is 0 Å². The fourth-order valence-corrected chi connectivity index (χ4v) is 3.07. The Morgan fingerprint density at radius 2 is 2.00 bits per heavy atom. The molecule has 7 nitrogen and oxygen atoms in total. The van der Waals surface area contributed by atoms with Crippen LogP contribution >= 0.6 is 0 Å². The van der Waals surface area contributed by atoms with Gasteiger partial charge in [0.2, 0.25) is 5.91 Å². The number of aromatic nitrogens is 2. The van der Waals surface area contributed by atoms with Gasteiger partial charge in [-0.2, -0.15) is 5.10 Å². The first-order chi connectivity index (χ1) is 11.5. The number of carbonyl (C=O) groups is 2. The van der Waals surface area contributed by atoms with Gasteiger partial charge in [0, 0.05) is 18.5 Å². The molecule has 128 valence electrons. The van der Waals surface area contributed by atoms with E-state index in [2.05, 4.69) is 5.10 Å². The zero-order valence-corrected chi connectivity index (χ0v) is 14.1. The molecule has 1 saturated heterocycles. The monoisotopic (exact) mass is 331 g/mol. The van der Waals surface area contributed by atoms with Crippen LogP contribution in [0, 0.1) is 0 Å². The number of nitrogens with zero attached hydrogens (tertiary/aromatic N) is 3. The van der Waals surface area contributed by atoms with E-state index in [-0.39, 0.29) is 24.7 Å². The normalized spacial score (nSPS) is 21.0. The number of ether oxygens (including phenoxy) is 2. The van der Waals surface area contributed by atoms with Crippen LogP contribution in [0.4, 0.5) is 0 Å². The van der Waals surface area contributed by atoms with Gasteiger partial charge in [0.05, 0.1) is 36.6 Å². The molecule has 0 spiro atoms. The van der Waals surface area contributed by atoms with Gasteiger partial charge in [-0.15, -0.1) is 0 Å². The zero-order chi connectivity index (χ0) is 17.3. The van der Waals surface area contributed by atoms with Gasteiger partial charge in [-0.3, -0.25) is 9.48 Å². The van der Waals surface area contributed by atoms with E-state index in [0.29, 0.717) is 18.7 Å². The first-order valence-electron chi connectivity index (χ1n) is 7.95. The second-order valence-electron chi connectivity index (χ2n) is 6.12. The molecule has 0 saturated carbocycles. The van der Waals surface area contributed by atoms with E-state index in [9.17, 15) is 9.59 Å². The quantitative estimate of drug-likeness (QED) is 0.796. The minimum atomic E-state index is -0.392. The second-order valence-corrected chi connectivity index (χ2v) is 6.12. The summed E-state index contributed by atoms with van der Waals surface area (Å²) in [4.78, 5) is 26.0. The van der Waals surface area contributed by atoms with E-state index in [4.69, 9.17) is 9.47 Å². The van der Waals surface area contributed by atoms with Crippen molar-refractivity contribution in [3.8, 4) is 0 Å². The maximum absolute atomic E-state index is 12.6. The number of hydrogen-bond acceptors (Lipinski definition) is 5. The number of benzene rings is 1. The van der Waals surface area contributed by atoms with Crippen molar-refractivity contribution in [3.05, 3.63) is 30.0 Å². The maximum Gasteiger partial charge on any atom is 0.337 e. The van der Waals surface area contributed by atoms with E-state index in [1.165, 1.54) is 7.11 Å². The molecule has 3 rings (SSSR count). The zero-order valence-electron chi connectivity index (χ0n) is 14.1. The number of fused-ring (bicyclic) bond motifs is 1. The van der Waals surface area contributed by atoms with E-state index >= 15 is 0 Å². The molecule has 1 aliphatic rings. The van der Waals surface area contributed by atoms with Gasteiger partial charge < -0.3 is 14.4 Å². The van der Waals surface area contributed by atoms with Crippen LogP contribution in [0.2, 0.25) is 0 Å². The first kappa shape index (κ1) is 16.4. The lowest BCUT2D eigenvalue weighted by atomic mass is 10.1. The third-order valence-corrected chi connectivity index (χ3v) is 4.12. The fraction of sp³-hybridized carbons (Fsp3) is 0.471. The summed E-state index contributed by atoms with van der Waals surface area (Å²) in [6, 6.07) is 5.18. The molecule has 1 aromatic carbocycles. The predicted molar refractivity (Wildman–Crippen MR) is 87.7 cm³/mol. The number of morpholine rings is 1. The number of esters is 1. The highest BCUT2D eigenvalue weighted by Crippen LogP contribution is 2.17. The SMILES string of the molecule is COC(=O)c1ccc2c(cnn2CC(=O)N2CC(C)OC(C)C2)c1. The summed E-state index contributed by atoms with van der Waals surface area (Å²) in [7, 11) is 1.35. The van der Waals surface area contributed by atoms with Crippen LogP contribution in [0.15, 0.2) is 24.4 Å². The Bertz CT molecular complexity index is 760. The van der Waals surface area contributed by atoms with Crippen molar-refractivity contribution >= 4 is 22.8 Å². The third-order valence-electron chi connectivity index (χ3n) is 4.12. The highest BCUT2D eigenvalue weighted by molar-refractivity contribution is 5.94. The summed E-state index contributed by atoms with van der Waals surface area (Å²) in [5, 5.41) is 5.08. The van der Waals surface area contributed by atoms with E-state index < -0.39 is 5.97 Å². The minimum absolute atomic E-state index is 0.0130. The molecule has 1 fully saturated rings. The Balaban J connectivity index is 1.78. The largest absolute Gasteiger partial charge is 0.465 e. The number of hydrogen-bond donors (Lipinski definition) is 0. The lowest BCUT2D eigenvalue weighted by molar-refractivity contribution is -0.143. The van der Waals surface area contributed by atoms with Gasteiger partial charge >= 0.3 is 5.97 Å². The van der Waals surface area contributed by atoms with E-state index in [0.717, 1.165) is 10.9 Å². The van der Waals surface area contributed by atoms with Gasteiger partial charge in [-0.05, 0) is 32.0 Å². The smallest absolute Gasteiger partial charge is 0.337 e. The summed E-state index contributed by atoms with van der Waals surface area (Å²) < 4.78 is 12.0. The average Bonchev–Trinajstić information content (AvgIpc) is 2.95. The maximum atomic E-state index is 12.6. The van der Waals surface area contributed by atoms with Crippen molar-refractivity contribution < 1.29 is 19.1 Å². The van der Waals surface area contributed by atoms with Gasteiger partial charge in [0.1, 0.15) is 6.54 Å². The molecule has 1 aliphatic heterocycles. The van der Waals surface area contributed by atoms with Crippen LogP contribution < -0.4 is 0 Å². The topological polar surface area (TPSA) is 73.7 Å². The molecule has 0 radical (unpaired) electrons. The number of rotatable bonds is 3. The van der Waals surface area contributed by atoms with Crippen LogP contribution in [0.1, 0.15) is 24.2 Å². The summed E-state index contributed by atoms with van der Waals surface area (Å²) >= 11 is 0. The van der Waals surface area contributed by atoms with Gasteiger partial charge in [-0.1, -0.05) is 0 Å². The number of carbonyl (C=O) groups excluding carboxylic acids is 2. The molecule has 24 heavy (non-hydrogen) atoms. The fourth-order valence-electron chi connectivity index (χ4n) is 3.07. The van der Waals surface area contributed by atoms with Crippen LogP contribution in [0.5, 0.6) is 0 Å². The number of methoxy groups -OCH3 is 1. The Labute approximate surface area is 140 Å². The molecule has 2 aromatic rings. The van der Waals surface area contributed by atoms with Gasteiger partial charge in [-0.25, -0.2) is 4.79 Å². The molecule has 1 aromatic heterocycles. The van der Waals surface area contributed by atoms with Gasteiger partial charge in [0.25, 0.3) is 0 Å². The van der Waals surface area contributed by atoms with Crippen molar-refractivity contribution in [3.63, 3.8) is 0 Å². The molecule has 2 atom stereocenters. The predicted octanol–water partition coefficient (Wildman–Crippen LogP) is 1.46. The molecule has 0 aliphatic carbocycles.